The summed E-state index contributed by atoms with van der Waals surface area (Å²) in [5, 5.41) is 0. The minimum atomic E-state index is 0.125. The van der Waals surface area contributed by atoms with Crippen LogP contribution in [-0.2, 0) is 52.5 Å². The number of rotatable bonds is 21. The molecule has 58 heavy (non-hydrogen) atoms. The molecule has 5 rings (SSSR count). The van der Waals surface area contributed by atoms with Crippen molar-refractivity contribution < 1.29 is 33.2 Å². The van der Waals surface area contributed by atoms with Crippen LogP contribution in [0.5, 0.6) is 0 Å². The number of nitrogens with zero attached hydrogens (tertiary/aromatic N) is 3. The van der Waals surface area contributed by atoms with E-state index in [0.717, 1.165) is 47.6 Å². The molecule has 0 saturated carbocycles. The van der Waals surface area contributed by atoms with Gasteiger partial charge in [0.05, 0.1) is 84.1 Å². The van der Waals surface area contributed by atoms with E-state index in [2.05, 4.69) is 82.7 Å². The van der Waals surface area contributed by atoms with E-state index in [1.165, 1.54) is 49.9 Å². The van der Waals surface area contributed by atoms with Gasteiger partial charge in [0.25, 0.3) is 0 Å². The number of H-pyrrole nitrogens is 2. The molecule has 2 aliphatic rings. The molecule has 0 aliphatic carbocycles. The molecule has 0 aromatic carbocycles. The highest BCUT2D eigenvalue weighted by Crippen LogP contribution is 2.32. The van der Waals surface area contributed by atoms with Crippen LogP contribution < -0.4 is 0 Å². The summed E-state index contributed by atoms with van der Waals surface area (Å²) < 4.78 is 31.7. The average Bonchev–Trinajstić information content (AvgIpc) is 3.94. The number of carbonyl (C=O) groups is 1. The van der Waals surface area contributed by atoms with E-state index in [-0.39, 0.29) is 5.91 Å². The Bertz CT molecular complexity index is 1970. The maximum Gasteiger partial charge on any atom is 0.222 e. The standard InChI is InChI=1S/C29H34N4.C17H35NO7/c1-8-20-18(6)27-14-29-21(9-2)17(5)26(32-29)12-22-15(3)10-24(30-22)19(7)25-11-16(4)23(31-25)13-28(20)33-27;1-4-17(19)18(2)5-6-21-9-10-23-13-14-25-16-15-24-12-11-22-8-7-20-3/h11-15,32-33H,8-10H2,1-7H3;4-16H2,1-3H3. The molecule has 1 atom stereocenters. The van der Waals surface area contributed by atoms with Crippen LogP contribution in [0.2, 0.25) is 0 Å². The van der Waals surface area contributed by atoms with E-state index in [1.807, 2.05) is 6.92 Å². The normalized spacial score (nSPS) is 13.7. The number of aromatic nitrogens is 4. The summed E-state index contributed by atoms with van der Waals surface area (Å²) in [4.78, 5) is 30.5. The lowest BCUT2D eigenvalue weighted by molar-refractivity contribution is -0.130. The van der Waals surface area contributed by atoms with E-state index in [1.54, 1.807) is 19.1 Å². The number of likely N-dealkylation sites (N-methyl/N-ethyl adjacent to an activating group) is 1. The molecule has 3 aromatic rings. The van der Waals surface area contributed by atoms with Gasteiger partial charge in [-0.1, -0.05) is 27.7 Å². The zero-order valence-electron chi connectivity index (χ0n) is 36.9. The molecule has 320 valence electrons. The summed E-state index contributed by atoms with van der Waals surface area (Å²) in [6, 6.07) is 6.76. The number of fused-ring (bicyclic) bond motifs is 8. The maximum atomic E-state index is 11.3. The van der Waals surface area contributed by atoms with Gasteiger partial charge in [-0.25, -0.2) is 4.98 Å². The van der Waals surface area contributed by atoms with Crippen molar-refractivity contribution in [3.05, 3.63) is 68.8 Å². The highest BCUT2D eigenvalue weighted by atomic mass is 16.6. The van der Waals surface area contributed by atoms with Crippen LogP contribution in [0, 0.1) is 20.8 Å². The van der Waals surface area contributed by atoms with Crippen molar-refractivity contribution in [2.45, 2.75) is 87.0 Å². The lowest BCUT2D eigenvalue weighted by Gasteiger charge is -2.16. The van der Waals surface area contributed by atoms with Gasteiger partial charge >= 0.3 is 0 Å². The predicted octanol–water partition coefficient (Wildman–Crippen LogP) is 7.86. The number of carbonyl (C=O) groups excluding carboxylic acids is 1. The SMILES string of the molecule is CCC(=O)N(C)CCOCCOCCOCCOCCOCCOC.CCc1c(C)c2cc3[nH]c(cc4nc(c(C)c5nc(cc1[nH]2)C(C)=C5)CC4C)c(C)c3CC. The zero-order chi connectivity index (χ0) is 42.0. The fourth-order valence-electron chi connectivity index (χ4n) is 7.09. The van der Waals surface area contributed by atoms with E-state index < -0.39 is 0 Å². The van der Waals surface area contributed by atoms with Crippen LogP contribution in [-0.4, -0.2) is 124 Å². The lowest BCUT2D eigenvalue weighted by Crippen LogP contribution is -2.29. The number of aromatic amines is 2. The second-order valence-electron chi connectivity index (χ2n) is 14.9. The van der Waals surface area contributed by atoms with E-state index >= 15 is 0 Å². The molecule has 1 unspecified atom stereocenters. The van der Waals surface area contributed by atoms with Crippen molar-refractivity contribution in [1.29, 1.82) is 0 Å². The van der Waals surface area contributed by atoms with Gasteiger partial charge < -0.3 is 43.3 Å². The Balaban J connectivity index is 0.000000269. The fourth-order valence-corrected chi connectivity index (χ4v) is 7.09. The third-order valence-electron chi connectivity index (χ3n) is 10.8. The van der Waals surface area contributed by atoms with Gasteiger partial charge in [0, 0.05) is 66.5 Å². The maximum absolute atomic E-state index is 11.3. The Kier molecular flexibility index (Phi) is 19.5. The molecular formula is C46H69N5O7. The quantitative estimate of drug-likeness (QED) is 0.103. The van der Waals surface area contributed by atoms with Crippen molar-refractivity contribution in [1.82, 2.24) is 24.8 Å². The highest BCUT2D eigenvalue weighted by Gasteiger charge is 2.20. The monoisotopic (exact) mass is 804 g/mol. The molecule has 2 N–H and O–H groups in total. The molecule has 0 saturated heterocycles. The summed E-state index contributed by atoms with van der Waals surface area (Å²) in [6.07, 6.45) is 5.66. The number of hydrogen-bond donors (Lipinski definition) is 2. The van der Waals surface area contributed by atoms with Crippen LogP contribution in [0.15, 0.2) is 18.2 Å². The molecule has 12 nitrogen and oxygen atoms in total. The van der Waals surface area contributed by atoms with Crippen LogP contribution in [0.1, 0.15) is 97.6 Å². The minimum Gasteiger partial charge on any atom is -0.382 e. The van der Waals surface area contributed by atoms with E-state index in [4.69, 9.17) is 38.4 Å². The predicted molar refractivity (Wildman–Crippen MR) is 234 cm³/mol. The topological polar surface area (TPSA) is 133 Å². The van der Waals surface area contributed by atoms with Crippen LogP contribution in [0.3, 0.4) is 0 Å². The highest BCUT2D eigenvalue weighted by molar-refractivity contribution is 5.85. The Hall–Kier alpha value is -3.91. The third-order valence-corrected chi connectivity index (χ3v) is 10.8. The fraction of sp³-hybridized carbons (Fsp3) is 0.587. The number of hydrogen-bond acceptors (Lipinski definition) is 9. The number of amides is 1. The summed E-state index contributed by atoms with van der Waals surface area (Å²) in [5.74, 6) is 0.521. The second kappa shape index (κ2) is 24.2. The lowest BCUT2D eigenvalue weighted by atomic mass is 10.0. The van der Waals surface area contributed by atoms with E-state index in [0.29, 0.717) is 91.6 Å². The molecule has 3 aromatic heterocycles. The van der Waals surface area contributed by atoms with Crippen LogP contribution >= 0.6 is 0 Å². The van der Waals surface area contributed by atoms with Gasteiger partial charge in [-0.2, -0.15) is 0 Å². The number of aryl methyl sites for hydroxylation is 4. The third kappa shape index (κ3) is 13.3. The molecule has 2 aliphatic heterocycles. The van der Waals surface area contributed by atoms with Gasteiger partial charge in [-0.3, -0.25) is 9.78 Å². The summed E-state index contributed by atoms with van der Waals surface area (Å²) in [7, 11) is 3.42. The summed E-state index contributed by atoms with van der Waals surface area (Å²) in [6.45, 7) is 24.0. The molecule has 0 radical (unpaired) electrons. The number of allylic oxidation sites excluding steroid dienone is 1. The number of methoxy groups -OCH3 is 1. The van der Waals surface area contributed by atoms with Crippen LogP contribution in [0.25, 0.3) is 33.7 Å². The van der Waals surface area contributed by atoms with Gasteiger partial charge in [0.2, 0.25) is 5.91 Å². The Labute approximate surface area is 346 Å². The first-order chi connectivity index (χ1) is 28.0. The van der Waals surface area contributed by atoms with Crippen molar-refractivity contribution in [3.63, 3.8) is 0 Å². The van der Waals surface area contributed by atoms with Crippen molar-refractivity contribution >= 4 is 39.6 Å². The molecule has 12 heteroatoms. The van der Waals surface area contributed by atoms with Crippen molar-refractivity contribution in [2.24, 2.45) is 0 Å². The molecule has 0 spiro atoms. The average molecular weight is 804 g/mol. The molecule has 8 bridgehead atoms. The summed E-state index contributed by atoms with van der Waals surface area (Å²) >= 11 is 0. The first kappa shape index (κ1) is 46.8. The van der Waals surface area contributed by atoms with Crippen molar-refractivity contribution in [2.75, 3.05) is 93.4 Å². The first-order valence-electron chi connectivity index (χ1n) is 21.0. The minimum absolute atomic E-state index is 0.125. The molecule has 1 amide bonds. The molecule has 5 heterocycles. The number of ether oxygens (including phenoxy) is 6. The van der Waals surface area contributed by atoms with Crippen molar-refractivity contribution in [3.8, 4) is 0 Å². The van der Waals surface area contributed by atoms with Gasteiger partial charge in [-0.15, -0.1) is 0 Å². The largest absolute Gasteiger partial charge is 0.382 e. The van der Waals surface area contributed by atoms with Gasteiger partial charge in [0.1, 0.15) is 0 Å². The Morgan fingerprint density at radius 1 is 0.690 bits per heavy atom. The first-order valence-corrected chi connectivity index (χ1v) is 21.0. The Morgan fingerprint density at radius 2 is 1.19 bits per heavy atom. The molecular weight excluding hydrogens is 735 g/mol. The second-order valence-corrected chi connectivity index (χ2v) is 14.9. The van der Waals surface area contributed by atoms with Gasteiger partial charge in [0.15, 0.2) is 0 Å². The summed E-state index contributed by atoms with van der Waals surface area (Å²) in [5.41, 5.74) is 16.8. The molecule has 0 fully saturated rings. The Morgan fingerprint density at radius 3 is 1.71 bits per heavy atom. The zero-order valence-corrected chi connectivity index (χ0v) is 36.9. The van der Waals surface area contributed by atoms with Gasteiger partial charge in [-0.05, 0) is 105 Å². The van der Waals surface area contributed by atoms with Crippen LogP contribution in [0.4, 0.5) is 0 Å². The van der Waals surface area contributed by atoms with E-state index in [9.17, 15) is 4.79 Å². The number of nitrogens with one attached hydrogen (secondary N) is 2. The smallest absolute Gasteiger partial charge is 0.222 e.